The fourth-order valence-electron chi connectivity index (χ4n) is 1.71. The van der Waals surface area contributed by atoms with Crippen LogP contribution in [-0.2, 0) is 0 Å². The molecule has 0 aliphatic heterocycles. The van der Waals surface area contributed by atoms with Crippen molar-refractivity contribution in [3.63, 3.8) is 0 Å². The zero-order valence-corrected chi connectivity index (χ0v) is 9.37. The van der Waals surface area contributed by atoms with Gasteiger partial charge in [-0.1, -0.05) is 12.1 Å². The van der Waals surface area contributed by atoms with Crippen LogP contribution in [0.3, 0.4) is 0 Å². The molecule has 0 saturated heterocycles. The normalized spacial score (nSPS) is 10.2. The van der Waals surface area contributed by atoms with Gasteiger partial charge in [0.25, 0.3) is 11.4 Å². The Morgan fingerprint density at radius 3 is 2.37 bits per heavy atom. The molecule has 0 N–H and O–H groups in total. The van der Waals surface area contributed by atoms with E-state index >= 15 is 0 Å². The lowest BCUT2D eigenvalue weighted by Gasteiger charge is -2.05. The van der Waals surface area contributed by atoms with Gasteiger partial charge in [0, 0.05) is 6.07 Å². The van der Waals surface area contributed by atoms with Gasteiger partial charge in [0.05, 0.1) is 21.5 Å². The smallest absolute Gasteiger partial charge is 0.258 e. The van der Waals surface area contributed by atoms with E-state index in [1.165, 1.54) is 18.2 Å². The first-order valence-corrected chi connectivity index (χ1v) is 5.10. The van der Waals surface area contributed by atoms with E-state index in [1.807, 2.05) is 0 Å². The zero-order chi connectivity index (χ0) is 14.0. The van der Waals surface area contributed by atoms with Gasteiger partial charge in [-0.3, -0.25) is 20.2 Å². The van der Waals surface area contributed by atoms with Gasteiger partial charge < -0.3 is 0 Å². The molecule has 2 aromatic rings. The summed E-state index contributed by atoms with van der Waals surface area (Å²) in [7, 11) is 0. The molecule has 0 spiro atoms. The van der Waals surface area contributed by atoms with Crippen molar-refractivity contribution in [3.05, 3.63) is 68.5 Å². The third-order valence-electron chi connectivity index (χ3n) is 2.48. The van der Waals surface area contributed by atoms with Crippen molar-refractivity contribution in [1.82, 2.24) is 0 Å². The lowest BCUT2D eigenvalue weighted by atomic mass is 10.0. The summed E-state index contributed by atoms with van der Waals surface area (Å²) in [5.74, 6) is -0.903. The Morgan fingerprint density at radius 2 is 1.74 bits per heavy atom. The van der Waals surface area contributed by atoms with Crippen molar-refractivity contribution in [3.8, 4) is 11.1 Å². The fourth-order valence-corrected chi connectivity index (χ4v) is 1.71. The van der Waals surface area contributed by atoms with Gasteiger partial charge in [-0.25, -0.2) is 4.39 Å². The minimum atomic E-state index is -0.903. The number of benzene rings is 2. The first kappa shape index (κ1) is 12.6. The van der Waals surface area contributed by atoms with Gasteiger partial charge in [-0.15, -0.1) is 0 Å². The Morgan fingerprint density at radius 1 is 1.05 bits per heavy atom. The lowest BCUT2D eigenvalue weighted by Crippen LogP contribution is -1.98. The Bertz CT molecular complexity index is 673. The average Bonchev–Trinajstić information content (AvgIpc) is 2.38. The molecule has 0 aromatic heterocycles. The van der Waals surface area contributed by atoms with Crippen LogP contribution in [0.2, 0.25) is 0 Å². The van der Waals surface area contributed by atoms with Gasteiger partial charge in [-0.05, 0) is 18.2 Å². The number of halogens is 1. The summed E-state index contributed by atoms with van der Waals surface area (Å²) in [5.41, 5.74) is -1.60. The van der Waals surface area contributed by atoms with E-state index in [-0.39, 0.29) is 5.56 Å². The molecule has 0 unspecified atom stereocenters. The van der Waals surface area contributed by atoms with Gasteiger partial charge in [0.15, 0.2) is 0 Å². The quantitative estimate of drug-likeness (QED) is 0.627. The second-order valence-electron chi connectivity index (χ2n) is 3.58. The monoisotopic (exact) mass is 261 g/mol. The summed E-state index contributed by atoms with van der Waals surface area (Å²) in [6.45, 7) is 0. The average molecular weight is 261 g/mol. The SMILES string of the molecule is O=[N+]([O-])c1[c]ccc(F)c1-c1ccccc1[N+](=O)[O-]. The van der Waals surface area contributed by atoms with Crippen molar-refractivity contribution in [2.45, 2.75) is 0 Å². The maximum Gasteiger partial charge on any atom is 0.288 e. The van der Waals surface area contributed by atoms with Crippen molar-refractivity contribution < 1.29 is 14.2 Å². The standard InChI is InChI=1S/C12H6FN2O4/c13-9-5-3-7-11(15(18)19)12(9)8-4-1-2-6-10(8)14(16)17/h1-6H. The Kier molecular flexibility index (Phi) is 3.19. The first-order chi connectivity index (χ1) is 9.02. The van der Waals surface area contributed by atoms with E-state index in [2.05, 4.69) is 6.07 Å². The van der Waals surface area contributed by atoms with Crippen LogP contribution in [0.5, 0.6) is 0 Å². The molecule has 95 valence electrons. The third kappa shape index (κ3) is 2.25. The number of para-hydroxylation sites is 1. The summed E-state index contributed by atoms with van der Waals surface area (Å²) >= 11 is 0. The van der Waals surface area contributed by atoms with E-state index < -0.39 is 32.6 Å². The highest BCUT2D eigenvalue weighted by Crippen LogP contribution is 2.37. The fraction of sp³-hybridized carbons (Fsp3) is 0. The maximum atomic E-state index is 13.8. The van der Waals surface area contributed by atoms with Crippen LogP contribution in [0.15, 0.2) is 36.4 Å². The van der Waals surface area contributed by atoms with E-state index in [0.29, 0.717) is 0 Å². The second kappa shape index (κ2) is 4.81. The van der Waals surface area contributed by atoms with Crippen LogP contribution in [0.4, 0.5) is 15.8 Å². The van der Waals surface area contributed by atoms with Crippen LogP contribution >= 0.6 is 0 Å². The van der Waals surface area contributed by atoms with Crippen molar-refractivity contribution in [1.29, 1.82) is 0 Å². The van der Waals surface area contributed by atoms with Gasteiger partial charge in [0.2, 0.25) is 0 Å². The van der Waals surface area contributed by atoms with E-state index in [9.17, 15) is 24.6 Å². The zero-order valence-electron chi connectivity index (χ0n) is 9.37. The molecule has 0 atom stereocenters. The Hall–Kier alpha value is -2.83. The summed E-state index contributed by atoms with van der Waals surface area (Å²) < 4.78 is 13.8. The molecule has 6 nitrogen and oxygen atoms in total. The highest BCUT2D eigenvalue weighted by atomic mass is 19.1. The number of hydrogen-bond acceptors (Lipinski definition) is 4. The van der Waals surface area contributed by atoms with Crippen molar-refractivity contribution in [2.75, 3.05) is 0 Å². The molecule has 0 amide bonds. The first-order valence-electron chi connectivity index (χ1n) is 5.10. The molecule has 0 aliphatic carbocycles. The Labute approximate surface area is 106 Å². The minimum Gasteiger partial charge on any atom is -0.258 e. The molecule has 2 aromatic carbocycles. The van der Waals surface area contributed by atoms with Crippen LogP contribution in [0, 0.1) is 32.1 Å². The second-order valence-corrected chi connectivity index (χ2v) is 3.58. The summed E-state index contributed by atoms with van der Waals surface area (Å²) in [6, 6.07) is 9.58. The van der Waals surface area contributed by atoms with Gasteiger partial charge >= 0.3 is 0 Å². The van der Waals surface area contributed by atoms with Crippen LogP contribution < -0.4 is 0 Å². The molecule has 1 radical (unpaired) electrons. The lowest BCUT2D eigenvalue weighted by molar-refractivity contribution is -0.386. The highest BCUT2D eigenvalue weighted by Gasteiger charge is 2.25. The maximum absolute atomic E-state index is 13.8. The highest BCUT2D eigenvalue weighted by molar-refractivity contribution is 5.80. The predicted molar refractivity (Wildman–Crippen MR) is 64.0 cm³/mol. The molecule has 0 fully saturated rings. The van der Waals surface area contributed by atoms with E-state index in [0.717, 1.165) is 18.2 Å². The molecule has 2 rings (SSSR count). The summed E-state index contributed by atoms with van der Waals surface area (Å²) in [4.78, 5) is 20.2. The van der Waals surface area contributed by atoms with Crippen LogP contribution in [0.25, 0.3) is 11.1 Å². The van der Waals surface area contributed by atoms with Gasteiger partial charge in [-0.2, -0.15) is 0 Å². The van der Waals surface area contributed by atoms with E-state index in [1.54, 1.807) is 0 Å². The molecular formula is C12H6FN2O4. The van der Waals surface area contributed by atoms with E-state index in [4.69, 9.17) is 0 Å². The molecule has 0 heterocycles. The molecule has 0 aliphatic rings. The van der Waals surface area contributed by atoms with Crippen molar-refractivity contribution >= 4 is 11.4 Å². The number of nitrogens with zero attached hydrogens (tertiary/aromatic N) is 2. The molecular weight excluding hydrogens is 255 g/mol. The molecule has 0 saturated carbocycles. The molecule has 19 heavy (non-hydrogen) atoms. The number of hydrogen-bond donors (Lipinski definition) is 0. The van der Waals surface area contributed by atoms with Gasteiger partial charge in [0.1, 0.15) is 11.4 Å². The largest absolute Gasteiger partial charge is 0.288 e. The van der Waals surface area contributed by atoms with Crippen LogP contribution in [0.1, 0.15) is 0 Å². The number of nitro groups is 2. The molecule has 7 heteroatoms. The minimum absolute atomic E-state index is 0.145. The van der Waals surface area contributed by atoms with Crippen molar-refractivity contribution in [2.24, 2.45) is 0 Å². The predicted octanol–water partition coefficient (Wildman–Crippen LogP) is 3.11. The molecule has 0 bridgehead atoms. The third-order valence-corrected chi connectivity index (χ3v) is 2.48. The Balaban J connectivity index is 2.79. The summed E-state index contributed by atoms with van der Waals surface area (Å²) in [6.07, 6.45) is 0. The topological polar surface area (TPSA) is 86.3 Å². The summed E-state index contributed by atoms with van der Waals surface area (Å²) in [5, 5.41) is 21.8. The number of rotatable bonds is 3. The number of nitro benzene ring substituents is 2. The van der Waals surface area contributed by atoms with Crippen LogP contribution in [-0.4, -0.2) is 9.85 Å².